The second-order valence-corrected chi connectivity index (χ2v) is 17.0. The number of furan rings is 1. The first-order valence-electron chi connectivity index (χ1n) is 21.3. The Morgan fingerprint density at radius 1 is 0.355 bits per heavy atom. The zero-order chi connectivity index (χ0) is 41.4. The van der Waals surface area contributed by atoms with E-state index in [0.717, 1.165) is 77.8 Å². The Kier molecular flexibility index (Phi) is 8.20. The molecule has 2 aromatic heterocycles. The standard InChI is InChI=1S/C59H40N2O/c1-59(2)52-24-10-8-20-48(52)49-29-28-42(35-53(49)59)40-18-12-19-43(31-40)54-36-55(61-58(60-54)38-15-4-3-5-16-38)46-33-44(41-27-26-37-14-6-7-17-39(37)30-41)32-45(34-46)47-22-13-23-51-50-21-9-11-25-56(50)62-57(47)51/h3-36H,1-2H3. The van der Waals surface area contributed by atoms with Gasteiger partial charge in [0.05, 0.1) is 11.4 Å². The topological polar surface area (TPSA) is 38.9 Å². The summed E-state index contributed by atoms with van der Waals surface area (Å²) in [5.74, 6) is 0.678. The van der Waals surface area contributed by atoms with E-state index in [4.69, 9.17) is 14.4 Å². The highest BCUT2D eigenvalue weighted by Gasteiger charge is 2.35. The maximum absolute atomic E-state index is 6.61. The highest BCUT2D eigenvalue weighted by atomic mass is 16.3. The minimum atomic E-state index is -0.0815. The predicted octanol–water partition coefficient (Wildman–Crippen LogP) is 15.8. The van der Waals surface area contributed by atoms with Gasteiger partial charge >= 0.3 is 0 Å². The lowest BCUT2D eigenvalue weighted by atomic mass is 9.81. The van der Waals surface area contributed by atoms with Crippen LogP contribution in [0.5, 0.6) is 0 Å². The summed E-state index contributed by atoms with van der Waals surface area (Å²) in [4.78, 5) is 10.6. The maximum Gasteiger partial charge on any atom is 0.160 e. The van der Waals surface area contributed by atoms with Crippen LogP contribution < -0.4 is 0 Å². The smallest absolute Gasteiger partial charge is 0.160 e. The zero-order valence-corrected chi connectivity index (χ0v) is 34.4. The molecule has 9 aromatic carbocycles. The van der Waals surface area contributed by atoms with Crippen LogP contribution in [0.25, 0.3) is 111 Å². The molecule has 11 aromatic rings. The number of rotatable bonds is 6. The molecule has 1 aliphatic carbocycles. The number of para-hydroxylation sites is 2. The van der Waals surface area contributed by atoms with Gasteiger partial charge in [0.15, 0.2) is 5.82 Å². The van der Waals surface area contributed by atoms with E-state index in [0.29, 0.717) is 5.82 Å². The molecule has 12 rings (SSSR count). The number of hydrogen-bond acceptors (Lipinski definition) is 3. The van der Waals surface area contributed by atoms with Crippen molar-refractivity contribution >= 4 is 32.7 Å². The minimum Gasteiger partial charge on any atom is -0.455 e. The van der Waals surface area contributed by atoms with Crippen molar-refractivity contribution in [1.29, 1.82) is 0 Å². The van der Waals surface area contributed by atoms with Crippen LogP contribution in [-0.4, -0.2) is 9.97 Å². The minimum absolute atomic E-state index is 0.0815. The van der Waals surface area contributed by atoms with Crippen LogP contribution in [0.3, 0.4) is 0 Å². The first-order valence-corrected chi connectivity index (χ1v) is 21.3. The zero-order valence-electron chi connectivity index (χ0n) is 34.4. The second kappa shape index (κ2) is 14.1. The van der Waals surface area contributed by atoms with Gasteiger partial charge in [-0.1, -0.05) is 172 Å². The van der Waals surface area contributed by atoms with Crippen LogP contribution in [0.4, 0.5) is 0 Å². The normalized spacial score (nSPS) is 12.8. The van der Waals surface area contributed by atoms with Crippen LogP contribution in [0.2, 0.25) is 0 Å². The summed E-state index contributed by atoms with van der Waals surface area (Å²) >= 11 is 0. The number of aromatic nitrogens is 2. The van der Waals surface area contributed by atoms with Gasteiger partial charge in [-0.25, -0.2) is 9.97 Å². The number of hydrogen-bond donors (Lipinski definition) is 0. The maximum atomic E-state index is 6.61. The molecule has 2 heterocycles. The summed E-state index contributed by atoms with van der Waals surface area (Å²) in [6.07, 6.45) is 0. The van der Waals surface area contributed by atoms with Gasteiger partial charge < -0.3 is 4.42 Å². The van der Waals surface area contributed by atoms with Gasteiger partial charge in [-0.2, -0.15) is 0 Å². The van der Waals surface area contributed by atoms with Crippen molar-refractivity contribution in [2.45, 2.75) is 19.3 Å². The average molecular weight is 793 g/mol. The van der Waals surface area contributed by atoms with Gasteiger partial charge in [-0.3, -0.25) is 0 Å². The lowest BCUT2D eigenvalue weighted by Gasteiger charge is -2.22. The highest BCUT2D eigenvalue weighted by Crippen LogP contribution is 2.50. The van der Waals surface area contributed by atoms with Gasteiger partial charge in [0.25, 0.3) is 0 Å². The van der Waals surface area contributed by atoms with Crippen molar-refractivity contribution in [3.63, 3.8) is 0 Å². The van der Waals surface area contributed by atoms with E-state index in [9.17, 15) is 0 Å². The van der Waals surface area contributed by atoms with E-state index >= 15 is 0 Å². The Morgan fingerprint density at radius 3 is 1.85 bits per heavy atom. The van der Waals surface area contributed by atoms with Crippen LogP contribution >= 0.6 is 0 Å². The lowest BCUT2D eigenvalue weighted by Crippen LogP contribution is -2.14. The summed E-state index contributed by atoms with van der Waals surface area (Å²) in [5.41, 5.74) is 18.4. The Bertz CT molecular complexity index is 3560. The molecule has 1 aliphatic rings. The molecule has 0 spiro atoms. The molecule has 0 unspecified atom stereocenters. The van der Waals surface area contributed by atoms with Gasteiger partial charge in [0.1, 0.15) is 11.2 Å². The molecule has 0 amide bonds. The Morgan fingerprint density at radius 2 is 0.952 bits per heavy atom. The molecule has 0 radical (unpaired) electrons. The fraction of sp³-hybridized carbons (Fsp3) is 0.0508. The van der Waals surface area contributed by atoms with Crippen LogP contribution in [0, 0.1) is 0 Å². The number of nitrogens with zero attached hydrogens (tertiary/aromatic N) is 2. The lowest BCUT2D eigenvalue weighted by molar-refractivity contribution is 0.660. The van der Waals surface area contributed by atoms with Gasteiger partial charge in [-0.15, -0.1) is 0 Å². The van der Waals surface area contributed by atoms with Crippen molar-refractivity contribution in [2.24, 2.45) is 0 Å². The van der Waals surface area contributed by atoms with E-state index in [-0.39, 0.29) is 5.41 Å². The van der Waals surface area contributed by atoms with Crippen molar-refractivity contribution < 1.29 is 4.42 Å². The number of fused-ring (bicyclic) bond motifs is 7. The second-order valence-electron chi connectivity index (χ2n) is 17.0. The van der Waals surface area contributed by atoms with E-state index < -0.39 is 0 Å². The molecular weight excluding hydrogens is 753 g/mol. The van der Waals surface area contributed by atoms with E-state index in [1.54, 1.807) is 0 Å². The average Bonchev–Trinajstić information content (AvgIpc) is 3.83. The molecule has 0 saturated carbocycles. The van der Waals surface area contributed by atoms with E-state index in [2.05, 4.69) is 190 Å². The molecule has 0 N–H and O–H groups in total. The van der Waals surface area contributed by atoms with E-state index in [1.807, 2.05) is 30.3 Å². The molecule has 0 fully saturated rings. The van der Waals surface area contributed by atoms with Crippen LogP contribution in [0.1, 0.15) is 25.0 Å². The summed E-state index contributed by atoms with van der Waals surface area (Å²) < 4.78 is 6.61. The molecule has 3 heteroatoms. The van der Waals surface area contributed by atoms with Crippen molar-refractivity contribution in [3.05, 3.63) is 217 Å². The first-order chi connectivity index (χ1) is 30.4. The summed E-state index contributed by atoms with van der Waals surface area (Å²) in [5, 5.41) is 4.62. The molecule has 0 aliphatic heterocycles. The van der Waals surface area contributed by atoms with Gasteiger partial charge in [0, 0.05) is 38.4 Å². The fourth-order valence-corrected chi connectivity index (χ4v) is 9.64. The quantitative estimate of drug-likeness (QED) is 0.168. The monoisotopic (exact) mass is 792 g/mol. The van der Waals surface area contributed by atoms with E-state index in [1.165, 1.54) is 38.6 Å². The predicted molar refractivity (Wildman–Crippen MR) is 257 cm³/mol. The molecule has 3 nitrogen and oxygen atoms in total. The third kappa shape index (κ3) is 5.96. The third-order valence-electron chi connectivity index (χ3n) is 12.9. The van der Waals surface area contributed by atoms with Crippen LogP contribution in [-0.2, 0) is 5.41 Å². The summed E-state index contributed by atoms with van der Waals surface area (Å²) in [6.45, 7) is 4.67. The Labute approximate surface area is 360 Å². The Balaban J connectivity index is 1.04. The molecule has 0 saturated heterocycles. The summed E-state index contributed by atoms with van der Waals surface area (Å²) in [7, 11) is 0. The SMILES string of the molecule is CC1(C)c2ccccc2-c2ccc(-c3cccc(-c4cc(-c5cc(-c6ccc7ccccc7c6)cc(-c6cccc7c6oc6ccccc67)c5)nc(-c5ccccc5)n4)c3)cc21. The first kappa shape index (κ1) is 36.0. The molecule has 0 atom stereocenters. The number of benzene rings is 9. The van der Waals surface area contributed by atoms with Gasteiger partial charge in [0.2, 0.25) is 0 Å². The highest BCUT2D eigenvalue weighted by molar-refractivity contribution is 6.10. The molecule has 62 heavy (non-hydrogen) atoms. The molecule has 0 bridgehead atoms. The summed E-state index contributed by atoms with van der Waals surface area (Å²) in [6, 6.07) is 73.8. The van der Waals surface area contributed by atoms with Crippen molar-refractivity contribution in [2.75, 3.05) is 0 Å². The largest absolute Gasteiger partial charge is 0.455 e. The third-order valence-corrected chi connectivity index (χ3v) is 12.9. The van der Waals surface area contributed by atoms with Crippen molar-refractivity contribution in [1.82, 2.24) is 9.97 Å². The Hall–Kier alpha value is -7.88. The molecule has 292 valence electrons. The fourth-order valence-electron chi connectivity index (χ4n) is 9.64. The van der Waals surface area contributed by atoms with Crippen molar-refractivity contribution in [3.8, 4) is 78.4 Å². The molecular formula is C59H40N2O. The van der Waals surface area contributed by atoms with Gasteiger partial charge in [-0.05, 0) is 109 Å². The van der Waals surface area contributed by atoms with Crippen LogP contribution in [0.15, 0.2) is 211 Å².